The Morgan fingerprint density at radius 1 is 1.53 bits per heavy atom. The van der Waals surface area contributed by atoms with Crippen molar-refractivity contribution in [1.29, 1.82) is 0 Å². The van der Waals surface area contributed by atoms with E-state index in [-0.39, 0.29) is 18.4 Å². The van der Waals surface area contributed by atoms with Crippen molar-refractivity contribution in [1.82, 2.24) is 9.55 Å². The molecule has 0 amide bonds. The number of ether oxygens (including phenoxy) is 1. The Balaban J connectivity index is 2.58. The summed E-state index contributed by atoms with van der Waals surface area (Å²) in [6.45, 7) is 0.0788. The quantitative estimate of drug-likeness (QED) is 0.637. The van der Waals surface area contributed by atoms with E-state index in [0.29, 0.717) is 16.4 Å². The van der Waals surface area contributed by atoms with Gasteiger partial charge in [0.15, 0.2) is 0 Å². The Labute approximate surface area is 108 Å². The van der Waals surface area contributed by atoms with Crippen LogP contribution in [-0.2, 0) is 22.0 Å². The molecule has 1 aromatic heterocycles. The van der Waals surface area contributed by atoms with E-state index in [0.717, 1.165) is 5.52 Å². The van der Waals surface area contributed by atoms with E-state index in [1.807, 2.05) is 6.07 Å². The van der Waals surface area contributed by atoms with Crippen LogP contribution in [0.4, 0.5) is 0 Å². The van der Waals surface area contributed by atoms with Gasteiger partial charge in [0.1, 0.15) is 17.9 Å². The first-order valence-corrected chi connectivity index (χ1v) is 5.85. The van der Waals surface area contributed by atoms with Crippen LogP contribution in [0.25, 0.3) is 11.0 Å². The van der Waals surface area contributed by atoms with Crippen LogP contribution in [0.3, 0.4) is 0 Å². The largest absolute Gasteiger partial charge is 0.468 e. The number of para-hydroxylation sites is 1. The number of nitrogens with zero attached hydrogens (tertiary/aromatic N) is 2. The molecule has 2 aromatic rings. The summed E-state index contributed by atoms with van der Waals surface area (Å²) in [5.74, 6) is 0.456. The molecule has 0 aliphatic heterocycles. The lowest BCUT2D eigenvalue weighted by Gasteiger charge is -2.05. The van der Waals surface area contributed by atoms with Crippen LogP contribution in [0, 0.1) is 0 Å². The Hall–Kier alpha value is -1.26. The molecule has 6 heteroatoms. The number of imidazole rings is 1. The Morgan fingerprint density at radius 3 is 2.94 bits per heavy atom. The number of carbonyl (C=O) groups is 1. The van der Waals surface area contributed by atoms with E-state index < -0.39 is 0 Å². The smallest absolute Gasteiger partial charge is 0.325 e. The maximum Gasteiger partial charge on any atom is 0.325 e. The molecule has 1 heterocycles. The molecular weight excluding hydrogens is 263 g/mol. The monoisotopic (exact) mass is 272 g/mol. The van der Waals surface area contributed by atoms with Gasteiger partial charge in [0.05, 0.1) is 23.5 Å². The highest BCUT2D eigenvalue weighted by atomic mass is 35.5. The van der Waals surface area contributed by atoms with Gasteiger partial charge in [-0.2, -0.15) is 0 Å². The molecule has 0 aliphatic carbocycles. The van der Waals surface area contributed by atoms with Crippen molar-refractivity contribution in [2.75, 3.05) is 7.11 Å². The third-order valence-corrected chi connectivity index (χ3v) is 2.99. The lowest BCUT2D eigenvalue weighted by Crippen LogP contribution is -2.13. The number of fused-ring (bicyclic) bond motifs is 1. The van der Waals surface area contributed by atoms with Crippen molar-refractivity contribution < 1.29 is 9.53 Å². The molecular formula is C11H10Cl2N2O2. The molecule has 0 N–H and O–H groups in total. The van der Waals surface area contributed by atoms with E-state index in [4.69, 9.17) is 23.2 Å². The topological polar surface area (TPSA) is 44.1 Å². The van der Waals surface area contributed by atoms with Crippen LogP contribution >= 0.6 is 23.2 Å². The number of hydrogen-bond acceptors (Lipinski definition) is 3. The molecule has 0 bridgehead atoms. The predicted octanol–water partition coefficient (Wildman–Crippen LogP) is 2.60. The van der Waals surface area contributed by atoms with Crippen LogP contribution in [0.2, 0.25) is 5.02 Å². The molecule has 0 radical (unpaired) electrons. The zero-order valence-corrected chi connectivity index (χ0v) is 10.6. The predicted molar refractivity (Wildman–Crippen MR) is 66.3 cm³/mol. The van der Waals surface area contributed by atoms with Crippen LogP contribution in [0.15, 0.2) is 18.2 Å². The summed E-state index contributed by atoms with van der Waals surface area (Å²) in [6, 6.07) is 5.39. The number of esters is 1. The van der Waals surface area contributed by atoms with Crippen LogP contribution < -0.4 is 0 Å². The van der Waals surface area contributed by atoms with E-state index in [9.17, 15) is 4.79 Å². The van der Waals surface area contributed by atoms with Gasteiger partial charge < -0.3 is 9.30 Å². The van der Waals surface area contributed by atoms with Crippen molar-refractivity contribution in [3.05, 3.63) is 29.0 Å². The summed E-state index contributed by atoms with van der Waals surface area (Å²) in [6.07, 6.45) is 0. The lowest BCUT2D eigenvalue weighted by molar-refractivity contribution is -0.141. The molecule has 0 aliphatic rings. The van der Waals surface area contributed by atoms with Crippen molar-refractivity contribution in [3.63, 3.8) is 0 Å². The number of rotatable bonds is 3. The number of hydrogen-bond donors (Lipinski definition) is 0. The van der Waals surface area contributed by atoms with E-state index in [2.05, 4.69) is 9.72 Å². The number of benzene rings is 1. The van der Waals surface area contributed by atoms with E-state index in [1.165, 1.54) is 7.11 Å². The highest BCUT2D eigenvalue weighted by Gasteiger charge is 2.14. The molecule has 1 aromatic carbocycles. The van der Waals surface area contributed by atoms with Gasteiger partial charge in [-0.25, -0.2) is 4.98 Å². The molecule has 4 nitrogen and oxygen atoms in total. The Kier molecular flexibility index (Phi) is 3.54. The second-order valence-electron chi connectivity index (χ2n) is 3.43. The molecule has 2 rings (SSSR count). The summed E-state index contributed by atoms with van der Waals surface area (Å²) in [5, 5.41) is 0.539. The zero-order valence-electron chi connectivity index (χ0n) is 9.11. The average Bonchev–Trinajstić information content (AvgIpc) is 2.69. The van der Waals surface area contributed by atoms with Crippen molar-refractivity contribution in [3.8, 4) is 0 Å². The van der Waals surface area contributed by atoms with E-state index >= 15 is 0 Å². The molecule has 90 valence electrons. The average molecular weight is 273 g/mol. The molecule has 0 unspecified atom stereocenters. The fourth-order valence-corrected chi connectivity index (χ4v) is 2.05. The number of aromatic nitrogens is 2. The zero-order chi connectivity index (χ0) is 12.4. The van der Waals surface area contributed by atoms with Crippen LogP contribution in [-0.4, -0.2) is 22.6 Å². The fraction of sp³-hybridized carbons (Fsp3) is 0.273. The molecule has 0 saturated carbocycles. The summed E-state index contributed by atoms with van der Waals surface area (Å²) in [7, 11) is 1.34. The third kappa shape index (κ3) is 2.23. The van der Waals surface area contributed by atoms with Crippen LogP contribution in [0.1, 0.15) is 5.82 Å². The first-order chi connectivity index (χ1) is 8.17. The van der Waals surface area contributed by atoms with Gasteiger partial charge in [0.25, 0.3) is 0 Å². The SMILES string of the molecule is COC(=O)Cn1c(CCl)nc2c(Cl)cccc21. The van der Waals surface area contributed by atoms with Crippen molar-refractivity contribution in [2.45, 2.75) is 12.4 Å². The summed E-state index contributed by atoms with van der Waals surface area (Å²) >= 11 is 11.8. The first kappa shape index (κ1) is 12.2. The van der Waals surface area contributed by atoms with Gasteiger partial charge in [0.2, 0.25) is 0 Å². The fourth-order valence-electron chi connectivity index (χ4n) is 1.63. The second kappa shape index (κ2) is 4.94. The minimum Gasteiger partial charge on any atom is -0.468 e. The molecule has 0 fully saturated rings. The summed E-state index contributed by atoms with van der Waals surface area (Å²) < 4.78 is 6.35. The van der Waals surface area contributed by atoms with Gasteiger partial charge in [0, 0.05) is 0 Å². The highest BCUT2D eigenvalue weighted by molar-refractivity contribution is 6.35. The number of alkyl halides is 1. The normalized spacial score (nSPS) is 10.8. The minimum atomic E-state index is -0.351. The minimum absolute atomic E-state index is 0.0788. The highest BCUT2D eigenvalue weighted by Crippen LogP contribution is 2.24. The van der Waals surface area contributed by atoms with Crippen molar-refractivity contribution in [2.24, 2.45) is 0 Å². The number of carbonyl (C=O) groups excluding carboxylic acids is 1. The summed E-state index contributed by atoms with van der Waals surface area (Å²) in [5.41, 5.74) is 1.42. The van der Waals surface area contributed by atoms with Gasteiger partial charge >= 0.3 is 5.97 Å². The van der Waals surface area contributed by atoms with E-state index in [1.54, 1.807) is 16.7 Å². The number of methoxy groups -OCH3 is 1. The van der Waals surface area contributed by atoms with Gasteiger partial charge in [-0.05, 0) is 12.1 Å². The maximum atomic E-state index is 11.3. The van der Waals surface area contributed by atoms with Gasteiger partial charge in [-0.15, -0.1) is 11.6 Å². The number of halogens is 2. The molecule has 0 atom stereocenters. The third-order valence-electron chi connectivity index (χ3n) is 2.44. The standard InChI is InChI=1S/C11H10Cl2N2O2/c1-17-10(16)6-15-8-4-2-3-7(13)11(8)14-9(15)5-12/h2-4H,5-6H2,1H3. The lowest BCUT2D eigenvalue weighted by atomic mass is 10.3. The van der Waals surface area contributed by atoms with Crippen LogP contribution in [0.5, 0.6) is 0 Å². The molecule has 17 heavy (non-hydrogen) atoms. The van der Waals surface area contributed by atoms with Gasteiger partial charge in [-0.3, -0.25) is 4.79 Å². The van der Waals surface area contributed by atoms with Gasteiger partial charge in [-0.1, -0.05) is 17.7 Å². The molecule has 0 saturated heterocycles. The second-order valence-corrected chi connectivity index (χ2v) is 4.11. The maximum absolute atomic E-state index is 11.3. The first-order valence-electron chi connectivity index (χ1n) is 4.93. The Bertz CT molecular complexity index is 566. The summed E-state index contributed by atoms with van der Waals surface area (Å²) in [4.78, 5) is 15.6. The Morgan fingerprint density at radius 2 is 2.29 bits per heavy atom. The molecule has 0 spiro atoms. The van der Waals surface area contributed by atoms with Crippen molar-refractivity contribution >= 4 is 40.2 Å².